The molecule has 0 spiro atoms. The molecular weight excluding hydrogens is 294 g/mol. The fraction of sp³-hybridized carbons (Fsp3) is 0.250. The molecule has 2 aromatic rings. The molecule has 0 radical (unpaired) electrons. The third-order valence-electron chi connectivity index (χ3n) is 2.60. The Morgan fingerprint density at radius 3 is 2.57 bits per heavy atom. The summed E-state index contributed by atoms with van der Waals surface area (Å²) in [6.07, 6.45) is 1.79. The van der Waals surface area contributed by atoms with Gasteiger partial charge >= 0.3 is 0 Å². The van der Waals surface area contributed by atoms with Crippen LogP contribution in [-0.4, -0.2) is 36.1 Å². The van der Waals surface area contributed by atoms with Gasteiger partial charge in [-0.05, 0) is 24.3 Å². The van der Waals surface area contributed by atoms with Crippen LogP contribution in [-0.2, 0) is 21.2 Å². The Balaban J connectivity index is 1.96. The van der Waals surface area contributed by atoms with Crippen LogP contribution in [0.25, 0.3) is 0 Å². The van der Waals surface area contributed by atoms with Crippen molar-refractivity contribution in [3.05, 3.63) is 36.4 Å². The van der Waals surface area contributed by atoms with Crippen LogP contribution in [0.2, 0.25) is 0 Å². The first kappa shape index (κ1) is 15.1. The lowest BCUT2D eigenvalue weighted by Crippen LogP contribution is -2.26. The van der Waals surface area contributed by atoms with Crippen LogP contribution in [0.3, 0.4) is 0 Å². The third-order valence-corrected chi connectivity index (χ3v) is 4.08. The lowest BCUT2D eigenvalue weighted by Gasteiger charge is -2.07. The van der Waals surface area contributed by atoms with Crippen LogP contribution in [0.4, 0.5) is 5.69 Å². The van der Waals surface area contributed by atoms with E-state index in [9.17, 15) is 13.2 Å². The highest BCUT2D eigenvalue weighted by Crippen LogP contribution is 2.13. The molecule has 0 aliphatic heterocycles. The fourth-order valence-electron chi connectivity index (χ4n) is 1.66. The molecule has 112 valence electrons. The molecule has 0 aliphatic rings. The van der Waals surface area contributed by atoms with E-state index in [1.165, 1.54) is 37.5 Å². The lowest BCUT2D eigenvalue weighted by atomic mass is 10.3. The number of aromatic amines is 1. The SMILES string of the molecule is CC(=O)Nc1ccc(S(=O)(=O)NCCc2ncn[nH]2)cc1. The molecule has 0 saturated heterocycles. The monoisotopic (exact) mass is 309 g/mol. The molecule has 1 aromatic carbocycles. The van der Waals surface area contributed by atoms with Gasteiger partial charge in [-0.1, -0.05) is 0 Å². The average Bonchev–Trinajstić information content (AvgIpc) is 2.91. The van der Waals surface area contributed by atoms with E-state index in [0.29, 0.717) is 17.9 Å². The molecule has 0 unspecified atom stereocenters. The summed E-state index contributed by atoms with van der Waals surface area (Å²) in [4.78, 5) is 14.9. The topological polar surface area (TPSA) is 117 Å². The number of amides is 1. The number of anilines is 1. The molecule has 0 aliphatic carbocycles. The van der Waals surface area contributed by atoms with E-state index >= 15 is 0 Å². The number of rotatable bonds is 6. The summed E-state index contributed by atoms with van der Waals surface area (Å²) < 4.78 is 26.6. The zero-order valence-corrected chi connectivity index (χ0v) is 12.1. The van der Waals surface area contributed by atoms with Gasteiger partial charge in [-0.25, -0.2) is 18.1 Å². The summed E-state index contributed by atoms with van der Waals surface area (Å²) in [5.41, 5.74) is 0.545. The number of aromatic nitrogens is 3. The number of nitrogens with one attached hydrogen (secondary N) is 3. The minimum Gasteiger partial charge on any atom is -0.326 e. The van der Waals surface area contributed by atoms with E-state index in [2.05, 4.69) is 25.2 Å². The minimum absolute atomic E-state index is 0.133. The molecule has 2 rings (SSSR count). The van der Waals surface area contributed by atoms with Crippen LogP contribution in [0.5, 0.6) is 0 Å². The zero-order chi connectivity index (χ0) is 15.3. The summed E-state index contributed by atoms with van der Waals surface area (Å²) in [6.45, 7) is 1.60. The second-order valence-corrected chi connectivity index (χ2v) is 6.05. The van der Waals surface area contributed by atoms with Gasteiger partial charge in [-0.2, -0.15) is 5.10 Å². The maximum Gasteiger partial charge on any atom is 0.240 e. The summed E-state index contributed by atoms with van der Waals surface area (Å²) in [6, 6.07) is 5.93. The van der Waals surface area contributed by atoms with Crippen molar-refractivity contribution >= 4 is 21.6 Å². The number of hydrogen-bond donors (Lipinski definition) is 3. The highest BCUT2D eigenvalue weighted by atomic mass is 32.2. The average molecular weight is 309 g/mol. The van der Waals surface area contributed by atoms with Crippen molar-refractivity contribution in [2.75, 3.05) is 11.9 Å². The van der Waals surface area contributed by atoms with Gasteiger partial charge in [0.25, 0.3) is 0 Å². The van der Waals surface area contributed by atoms with Crippen LogP contribution in [0, 0.1) is 0 Å². The van der Waals surface area contributed by atoms with Gasteiger partial charge in [0.2, 0.25) is 15.9 Å². The Hall–Kier alpha value is -2.26. The smallest absolute Gasteiger partial charge is 0.240 e. The molecule has 3 N–H and O–H groups in total. The predicted octanol–water partition coefficient (Wildman–Crippen LogP) is 0.284. The first-order valence-electron chi connectivity index (χ1n) is 6.19. The van der Waals surface area contributed by atoms with Crippen molar-refractivity contribution in [2.45, 2.75) is 18.2 Å². The quantitative estimate of drug-likeness (QED) is 0.709. The molecular formula is C12H15N5O3S. The number of sulfonamides is 1. The molecule has 0 atom stereocenters. The van der Waals surface area contributed by atoms with Gasteiger partial charge in [0.05, 0.1) is 4.90 Å². The first-order valence-corrected chi connectivity index (χ1v) is 7.67. The lowest BCUT2D eigenvalue weighted by molar-refractivity contribution is -0.114. The highest BCUT2D eigenvalue weighted by molar-refractivity contribution is 7.89. The summed E-state index contributed by atoms with van der Waals surface area (Å²) in [7, 11) is -3.58. The molecule has 0 saturated carbocycles. The van der Waals surface area contributed by atoms with E-state index in [1.807, 2.05) is 0 Å². The fourth-order valence-corrected chi connectivity index (χ4v) is 2.69. The summed E-state index contributed by atoms with van der Waals surface area (Å²) in [5, 5.41) is 8.91. The number of nitrogens with zero attached hydrogens (tertiary/aromatic N) is 2. The largest absolute Gasteiger partial charge is 0.326 e. The van der Waals surface area contributed by atoms with E-state index in [0.717, 1.165) is 0 Å². The number of benzene rings is 1. The Morgan fingerprint density at radius 1 is 1.29 bits per heavy atom. The summed E-state index contributed by atoms with van der Waals surface area (Å²) in [5.74, 6) is 0.398. The zero-order valence-electron chi connectivity index (χ0n) is 11.3. The van der Waals surface area contributed by atoms with Gasteiger partial charge in [0.1, 0.15) is 12.2 Å². The molecule has 0 fully saturated rings. The normalized spacial score (nSPS) is 11.3. The van der Waals surface area contributed by atoms with Gasteiger partial charge in [0, 0.05) is 25.6 Å². The van der Waals surface area contributed by atoms with Crippen molar-refractivity contribution in [3.8, 4) is 0 Å². The number of H-pyrrole nitrogens is 1. The van der Waals surface area contributed by atoms with Crippen LogP contribution < -0.4 is 10.0 Å². The van der Waals surface area contributed by atoms with Crippen molar-refractivity contribution < 1.29 is 13.2 Å². The Morgan fingerprint density at radius 2 is 2.00 bits per heavy atom. The van der Waals surface area contributed by atoms with Crippen molar-refractivity contribution in [1.82, 2.24) is 19.9 Å². The van der Waals surface area contributed by atoms with Crippen molar-refractivity contribution in [3.63, 3.8) is 0 Å². The molecule has 0 bridgehead atoms. The molecule has 1 aromatic heterocycles. The van der Waals surface area contributed by atoms with E-state index in [-0.39, 0.29) is 17.3 Å². The van der Waals surface area contributed by atoms with Gasteiger partial charge in [-0.3, -0.25) is 9.89 Å². The van der Waals surface area contributed by atoms with Gasteiger partial charge in [0.15, 0.2) is 0 Å². The van der Waals surface area contributed by atoms with Crippen molar-refractivity contribution in [1.29, 1.82) is 0 Å². The highest BCUT2D eigenvalue weighted by Gasteiger charge is 2.13. The molecule has 1 heterocycles. The Labute approximate surface area is 122 Å². The van der Waals surface area contributed by atoms with E-state index < -0.39 is 10.0 Å². The van der Waals surface area contributed by atoms with E-state index in [1.54, 1.807) is 0 Å². The molecule has 9 heteroatoms. The first-order chi connectivity index (χ1) is 9.97. The van der Waals surface area contributed by atoms with Crippen LogP contribution in [0.1, 0.15) is 12.7 Å². The Bertz CT molecular complexity index is 695. The van der Waals surface area contributed by atoms with Crippen LogP contribution in [0.15, 0.2) is 35.5 Å². The minimum atomic E-state index is -3.58. The number of hydrogen-bond acceptors (Lipinski definition) is 5. The standard InChI is InChI=1S/C12H15N5O3S/c1-9(18)16-10-2-4-11(5-3-10)21(19,20)15-7-6-12-13-8-14-17-12/h2-5,8,15H,6-7H2,1H3,(H,16,18)(H,13,14,17). The maximum absolute atomic E-state index is 12.0. The Kier molecular flexibility index (Phi) is 4.66. The maximum atomic E-state index is 12.0. The predicted molar refractivity (Wildman–Crippen MR) is 76.0 cm³/mol. The van der Waals surface area contributed by atoms with E-state index in [4.69, 9.17) is 0 Å². The molecule has 8 nitrogen and oxygen atoms in total. The number of carbonyl (C=O) groups excluding carboxylic acids is 1. The third kappa shape index (κ3) is 4.36. The second kappa shape index (κ2) is 6.46. The van der Waals surface area contributed by atoms with Gasteiger partial charge < -0.3 is 5.32 Å². The molecule has 21 heavy (non-hydrogen) atoms. The molecule has 1 amide bonds. The number of carbonyl (C=O) groups is 1. The second-order valence-electron chi connectivity index (χ2n) is 4.29. The van der Waals surface area contributed by atoms with Crippen LogP contribution >= 0.6 is 0 Å². The van der Waals surface area contributed by atoms with Crippen molar-refractivity contribution in [2.24, 2.45) is 0 Å². The van der Waals surface area contributed by atoms with Gasteiger partial charge in [-0.15, -0.1) is 0 Å². The summed E-state index contributed by atoms with van der Waals surface area (Å²) >= 11 is 0.